The molecule has 1 fully saturated rings. The fourth-order valence-corrected chi connectivity index (χ4v) is 3.91. The van der Waals surface area contributed by atoms with Crippen molar-refractivity contribution in [3.63, 3.8) is 0 Å². The van der Waals surface area contributed by atoms with Crippen LogP contribution in [0.5, 0.6) is 11.5 Å². The van der Waals surface area contributed by atoms with Gasteiger partial charge in [-0.15, -0.1) is 11.8 Å². The van der Waals surface area contributed by atoms with E-state index in [-0.39, 0.29) is 0 Å². The van der Waals surface area contributed by atoms with Gasteiger partial charge in [0, 0.05) is 29.2 Å². The highest BCUT2D eigenvalue weighted by Crippen LogP contribution is 2.34. The van der Waals surface area contributed by atoms with Gasteiger partial charge in [0.1, 0.15) is 13.2 Å². The molecule has 0 amide bonds. The maximum atomic E-state index is 5.64. The van der Waals surface area contributed by atoms with Crippen molar-refractivity contribution in [2.75, 3.05) is 38.7 Å². The first-order valence-corrected chi connectivity index (χ1v) is 8.69. The highest BCUT2D eigenvalue weighted by Gasteiger charge is 2.25. The highest BCUT2D eigenvalue weighted by molar-refractivity contribution is 7.99. The molecule has 0 bridgehead atoms. The van der Waals surface area contributed by atoms with Crippen LogP contribution in [0.3, 0.4) is 0 Å². The molecule has 1 N–H and O–H groups in total. The minimum Gasteiger partial charge on any atom is -0.486 e. The quantitative estimate of drug-likeness (QED) is 0.818. The van der Waals surface area contributed by atoms with Gasteiger partial charge in [-0.2, -0.15) is 0 Å². The molecule has 0 aromatic heterocycles. The van der Waals surface area contributed by atoms with Crippen LogP contribution in [0.4, 0.5) is 0 Å². The summed E-state index contributed by atoms with van der Waals surface area (Å²) in [5, 5.41) is 3.60. The molecule has 2 unspecified atom stereocenters. The summed E-state index contributed by atoms with van der Waals surface area (Å²) in [4.78, 5) is 1.24. The molecule has 1 aromatic rings. The molecule has 2 atom stereocenters. The molecule has 116 valence electrons. The molecule has 2 aliphatic rings. The summed E-state index contributed by atoms with van der Waals surface area (Å²) in [6, 6.07) is 6.73. The van der Waals surface area contributed by atoms with Crippen molar-refractivity contribution < 1.29 is 14.2 Å². The third-order valence-corrected chi connectivity index (χ3v) is 5.06. The van der Waals surface area contributed by atoms with Gasteiger partial charge in [0.15, 0.2) is 11.5 Å². The van der Waals surface area contributed by atoms with Crippen LogP contribution in [0.1, 0.15) is 13.3 Å². The summed E-state index contributed by atoms with van der Waals surface area (Å²) in [5.41, 5.74) is 0. The second kappa shape index (κ2) is 7.38. The minimum absolute atomic E-state index is 0.510. The fourth-order valence-electron chi connectivity index (χ4n) is 2.79. The van der Waals surface area contributed by atoms with Crippen LogP contribution in [-0.2, 0) is 4.74 Å². The third-order valence-electron chi connectivity index (χ3n) is 3.94. The van der Waals surface area contributed by atoms with Gasteiger partial charge in [0.25, 0.3) is 0 Å². The SMILES string of the molecule is CCNC(CSc1ccc2c(c1)OCCO2)C1CCOC1. The number of rotatable bonds is 6. The second-order valence-electron chi connectivity index (χ2n) is 5.40. The van der Waals surface area contributed by atoms with Gasteiger partial charge in [-0.05, 0) is 31.2 Å². The summed E-state index contributed by atoms with van der Waals surface area (Å²) in [7, 11) is 0. The van der Waals surface area contributed by atoms with Crippen LogP contribution in [0.25, 0.3) is 0 Å². The Labute approximate surface area is 130 Å². The number of hydrogen-bond acceptors (Lipinski definition) is 5. The molecular formula is C16H23NO3S. The van der Waals surface area contributed by atoms with Crippen molar-refractivity contribution in [2.24, 2.45) is 5.92 Å². The van der Waals surface area contributed by atoms with E-state index < -0.39 is 0 Å². The fraction of sp³-hybridized carbons (Fsp3) is 0.625. The molecule has 2 heterocycles. The lowest BCUT2D eigenvalue weighted by atomic mass is 10.0. The number of hydrogen-bond donors (Lipinski definition) is 1. The van der Waals surface area contributed by atoms with Crippen LogP contribution < -0.4 is 14.8 Å². The van der Waals surface area contributed by atoms with Gasteiger partial charge in [-0.25, -0.2) is 0 Å². The largest absolute Gasteiger partial charge is 0.486 e. The van der Waals surface area contributed by atoms with Crippen LogP contribution in [0.15, 0.2) is 23.1 Å². The van der Waals surface area contributed by atoms with Gasteiger partial charge in [0.2, 0.25) is 0 Å². The predicted molar refractivity (Wildman–Crippen MR) is 84.5 cm³/mol. The van der Waals surface area contributed by atoms with E-state index in [1.54, 1.807) is 0 Å². The highest BCUT2D eigenvalue weighted by atomic mass is 32.2. The van der Waals surface area contributed by atoms with Crippen molar-refractivity contribution >= 4 is 11.8 Å². The molecular weight excluding hydrogens is 286 g/mol. The summed E-state index contributed by atoms with van der Waals surface area (Å²) in [5.74, 6) is 3.42. The monoisotopic (exact) mass is 309 g/mol. The molecule has 0 spiro atoms. The Morgan fingerprint density at radius 1 is 1.24 bits per heavy atom. The van der Waals surface area contributed by atoms with E-state index in [1.165, 1.54) is 11.3 Å². The number of thioether (sulfide) groups is 1. The molecule has 2 aliphatic heterocycles. The average molecular weight is 309 g/mol. The molecule has 21 heavy (non-hydrogen) atoms. The van der Waals surface area contributed by atoms with Gasteiger partial charge >= 0.3 is 0 Å². The molecule has 1 saturated heterocycles. The second-order valence-corrected chi connectivity index (χ2v) is 6.50. The Bertz CT molecular complexity index is 463. The van der Waals surface area contributed by atoms with Crippen LogP contribution in [-0.4, -0.2) is 44.8 Å². The van der Waals surface area contributed by atoms with E-state index in [4.69, 9.17) is 14.2 Å². The molecule has 1 aromatic carbocycles. The number of nitrogens with one attached hydrogen (secondary N) is 1. The Morgan fingerprint density at radius 2 is 2.10 bits per heavy atom. The van der Waals surface area contributed by atoms with Gasteiger partial charge in [0.05, 0.1) is 6.61 Å². The summed E-state index contributed by atoms with van der Waals surface area (Å²) in [6.07, 6.45) is 1.17. The van der Waals surface area contributed by atoms with Crippen molar-refractivity contribution in [2.45, 2.75) is 24.3 Å². The summed E-state index contributed by atoms with van der Waals surface area (Å²) >= 11 is 1.87. The maximum Gasteiger partial charge on any atom is 0.162 e. The van der Waals surface area contributed by atoms with Gasteiger partial charge in [-0.3, -0.25) is 0 Å². The maximum absolute atomic E-state index is 5.64. The van der Waals surface area contributed by atoms with Crippen molar-refractivity contribution in [3.8, 4) is 11.5 Å². The zero-order chi connectivity index (χ0) is 14.5. The normalized spacial score (nSPS) is 22.2. The van der Waals surface area contributed by atoms with Crippen molar-refractivity contribution in [1.82, 2.24) is 5.32 Å². The molecule has 0 radical (unpaired) electrons. The topological polar surface area (TPSA) is 39.7 Å². The van der Waals surface area contributed by atoms with Crippen LogP contribution >= 0.6 is 11.8 Å². The number of ether oxygens (including phenoxy) is 3. The molecule has 5 heteroatoms. The molecule has 4 nitrogen and oxygen atoms in total. The van der Waals surface area contributed by atoms with Crippen LogP contribution in [0.2, 0.25) is 0 Å². The van der Waals surface area contributed by atoms with E-state index in [1.807, 2.05) is 17.8 Å². The van der Waals surface area contributed by atoms with E-state index in [0.717, 1.165) is 37.0 Å². The zero-order valence-corrected chi connectivity index (χ0v) is 13.3. The Kier molecular flexibility index (Phi) is 5.27. The summed E-state index contributed by atoms with van der Waals surface area (Å²) in [6.45, 7) is 6.24. The van der Waals surface area contributed by atoms with Gasteiger partial charge in [-0.1, -0.05) is 6.92 Å². The van der Waals surface area contributed by atoms with Crippen LogP contribution in [0, 0.1) is 5.92 Å². The van der Waals surface area contributed by atoms with E-state index in [2.05, 4.69) is 24.4 Å². The lowest BCUT2D eigenvalue weighted by Crippen LogP contribution is -2.38. The van der Waals surface area contributed by atoms with E-state index >= 15 is 0 Å². The average Bonchev–Trinajstić information content (AvgIpc) is 3.05. The standard InChI is InChI=1S/C16H23NO3S/c1-2-17-14(12-5-6-18-10-12)11-21-13-3-4-15-16(9-13)20-8-7-19-15/h3-4,9,12,14,17H,2,5-8,10-11H2,1H3. The van der Waals surface area contributed by atoms with E-state index in [0.29, 0.717) is 25.2 Å². The predicted octanol–water partition coefficient (Wildman–Crippen LogP) is 2.56. The lowest BCUT2D eigenvalue weighted by molar-refractivity contribution is 0.171. The van der Waals surface area contributed by atoms with Gasteiger partial charge < -0.3 is 19.5 Å². The first-order chi connectivity index (χ1) is 10.4. The molecule has 0 saturated carbocycles. The Morgan fingerprint density at radius 3 is 2.86 bits per heavy atom. The van der Waals surface area contributed by atoms with E-state index in [9.17, 15) is 0 Å². The smallest absolute Gasteiger partial charge is 0.162 e. The molecule has 0 aliphatic carbocycles. The Hall–Kier alpha value is -0.910. The number of fused-ring (bicyclic) bond motifs is 1. The van der Waals surface area contributed by atoms with Crippen molar-refractivity contribution in [1.29, 1.82) is 0 Å². The first-order valence-electron chi connectivity index (χ1n) is 7.70. The zero-order valence-electron chi connectivity index (χ0n) is 12.5. The van der Waals surface area contributed by atoms with Crippen molar-refractivity contribution in [3.05, 3.63) is 18.2 Å². The minimum atomic E-state index is 0.510. The molecule has 3 rings (SSSR count). The third kappa shape index (κ3) is 3.84. The summed E-state index contributed by atoms with van der Waals surface area (Å²) < 4.78 is 16.7. The Balaban J connectivity index is 1.59. The number of benzene rings is 1. The first kappa shape index (κ1) is 15.0. The lowest BCUT2D eigenvalue weighted by Gasteiger charge is -2.23.